The molecule has 0 atom stereocenters. The zero-order chi connectivity index (χ0) is 18.7. The van der Waals surface area contributed by atoms with Crippen molar-refractivity contribution in [2.45, 2.75) is 36.6 Å². The van der Waals surface area contributed by atoms with Crippen LogP contribution in [0.1, 0.15) is 36.3 Å². The molecule has 1 aliphatic carbocycles. The van der Waals surface area contributed by atoms with Crippen molar-refractivity contribution in [2.24, 2.45) is 0 Å². The van der Waals surface area contributed by atoms with Gasteiger partial charge >= 0.3 is 0 Å². The zero-order valence-electron chi connectivity index (χ0n) is 14.8. The molecule has 0 aliphatic heterocycles. The summed E-state index contributed by atoms with van der Waals surface area (Å²) in [7, 11) is 0. The molecular weight excluding hydrogens is 428 g/mol. The topological polar surface area (TPSA) is 48.2 Å². The minimum absolute atomic E-state index is 0.0823. The van der Waals surface area contributed by atoms with Gasteiger partial charge in [-0.1, -0.05) is 75.5 Å². The van der Waals surface area contributed by atoms with E-state index in [1.165, 1.54) is 17.5 Å². The van der Waals surface area contributed by atoms with E-state index in [1.807, 2.05) is 36.4 Å². The molecule has 1 aromatic heterocycles. The van der Waals surface area contributed by atoms with Gasteiger partial charge in [-0.2, -0.15) is 4.98 Å². The van der Waals surface area contributed by atoms with Gasteiger partial charge in [-0.3, -0.25) is 0 Å². The average molecular weight is 448 g/mol. The molecule has 2 aromatic carbocycles. The molecule has 0 saturated heterocycles. The quantitative estimate of drug-likeness (QED) is 0.422. The van der Waals surface area contributed by atoms with Crippen molar-refractivity contribution >= 4 is 27.5 Å². The largest absolute Gasteiger partial charge is 0.371 e. The summed E-state index contributed by atoms with van der Waals surface area (Å²) in [4.78, 5) is 4.45. The highest BCUT2D eigenvalue weighted by Gasteiger charge is 2.39. The standard InChI is InChI=1S/C21H20BrClN2O2/c22-12-15-2-4-16(5-3-15)20-24-19(27-25-20)13-26-14-21(10-1-11-21)17-6-8-18(23)9-7-17/h2-9H,1,10-14H2. The molecule has 27 heavy (non-hydrogen) atoms. The number of hydrogen-bond acceptors (Lipinski definition) is 4. The third-order valence-corrected chi connectivity index (χ3v) is 6.11. The van der Waals surface area contributed by atoms with Gasteiger partial charge in [0.15, 0.2) is 0 Å². The second kappa shape index (κ2) is 8.13. The van der Waals surface area contributed by atoms with Gasteiger partial charge in [0.25, 0.3) is 5.89 Å². The summed E-state index contributed by atoms with van der Waals surface area (Å²) >= 11 is 9.46. The highest BCUT2D eigenvalue weighted by molar-refractivity contribution is 9.08. The third kappa shape index (κ3) is 4.10. The summed E-state index contributed by atoms with van der Waals surface area (Å²) in [5.74, 6) is 1.09. The van der Waals surface area contributed by atoms with Crippen LogP contribution in [0.5, 0.6) is 0 Å². The lowest BCUT2D eigenvalue weighted by Crippen LogP contribution is -2.38. The average Bonchev–Trinajstić information content (AvgIpc) is 3.14. The molecule has 1 aliphatic rings. The van der Waals surface area contributed by atoms with Crippen LogP contribution in [-0.4, -0.2) is 16.7 Å². The first-order valence-corrected chi connectivity index (χ1v) is 10.5. The van der Waals surface area contributed by atoms with E-state index in [1.54, 1.807) is 0 Å². The third-order valence-electron chi connectivity index (χ3n) is 5.21. The number of halogens is 2. The highest BCUT2D eigenvalue weighted by Crippen LogP contribution is 2.44. The van der Waals surface area contributed by atoms with Gasteiger partial charge in [0, 0.05) is 21.3 Å². The summed E-state index contributed by atoms with van der Waals surface area (Å²) in [6.07, 6.45) is 3.48. The van der Waals surface area contributed by atoms with Gasteiger partial charge in [0.05, 0.1) is 6.61 Å². The second-order valence-corrected chi connectivity index (χ2v) is 7.97. The lowest BCUT2D eigenvalue weighted by Gasteiger charge is -2.42. The number of nitrogens with zero attached hydrogens (tertiary/aromatic N) is 2. The molecule has 0 radical (unpaired) electrons. The van der Waals surface area contributed by atoms with Crippen LogP contribution in [-0.2, 0) is 22.1 Å². The molecule has 0 unspecified atom stereocenters. The van der Waals surface area contributed by atoms with Crippen molar-refractivity contribution in [2.75, 3.05) is 6.61 Å². The SMILES string of the molecule is Clc1ccc(C2(COCc3nc(-c4ccc(CBr)cc4)no3)CCC2)cc1. The number of benzene rings is 2. The van der Waals surface area contributed by atoms with Gasteiger partial charge in [0.2, 0.25) is 5.82 Å². The Balaban J connectivity index is 1.37. The maximum Gasteiger partial charge on any atom is 0.252 e. The van der Waals surface area contributed by atoms with Crippen LogP contribution in [0.4, 0.5) is 0 Å². The Morgan fingerprint density at radius 3 is 2.44 bits per heavy atom. The van der Waals surface area contributed by atoms with Crippen molar-refractivity contribution < 1.29 is 9.26 Å². The smallest absolute Gasteiger partial charge is 0.252 e. The lowest BCUT2D eigenvalue weighted by molar-refractivity contribution is 0.0243. The summed E-state index contributed by atoms with van der Waals surface area (Å²) < 4.78 is 11.3. The maximum atomic E-state index is 6.02. The molecule has 3 aromatic rings. The predicted molar refractivity (Wildman–Crippen MR) is 109 cm³/mol. The zero-order valence-corrected chi connectivity index (χ0v) is 17.2. The maximum absolute atomic E-state index is 6.02. The van der Waals surface area contributed by atoms with E-state index in [4.69, 9.17) is 20.9 Å². The van der Waals surface area contributed by atoms with Crippen molar-refractivity contribution in [3.05, 3.63) is 70.6 Å². The molecule has 0 amide bonds. The van der Waals surface area contributed by atoms with Gasteiger partial charge in [-0.15, -0.1) is 0 Å². The van der Waals surface area contributed by atoms with Crippen LogP contribution in [0, 0.1) is 0 Å². The van der Waals surface area contributed by atoms with Crippen LogP contribution in [0.25, 0.3) is 11.4 Å². The van der Waals surface area contributed by atoms with Gasteiger partial charge in [-0.25, -0.2) is 0 Å². The number of aromatic nitrogens is 2. The monoisotopic (exact) mass is 446 g/mol. The lowest BCUT2D eigenvalue weighted by atomic mass is 9.65. The Bertz CT molecular complexity index is 889. The molecule has 0 N–H and O–H groups in total. The van der Waals surface area contributed by atoms with E-state index in [0.717, 1.165) is 28.8 Å². The Kier molecular flexibility index (Phi) is 5.62. The van der Waals surface area contributed by atoms with Crippen molar-refractivity contribution in [3.63, 3.8) is 0 Å². The normalized spacial score (nSPS) is 15.5. The molecular formula is C21H20BrClN2O2. The van der Waals surface area contributed by atoms with Crippen LogP contribution in [0.3, 0.4) is 0 Å². The van der Waals surface area contributed by atoms with Crippen molar-refractivity contribution in [1.82, 2.24) is 10.1 Å². The van der Waals surface area contributed by atoms with Gasteiger partial charge < -0.3 is 9.26 Å². The molecule has 4 nitrogen and oxygen atoms in total. The highest BCUT2D eigenvalue weighted by atomic mass is 79.9. The van der Waals surface area contributed by atoms with E-state index < -0.39 is 0 Å². The molecule has 0 spiro atoms. The van der Waals surface area contributed by atoms with Crippen LogP contribution in [0.15, 0.2) is 53.1 Å². The molecule has 6 heteroatoms. The Labute approximate surface area is 172 Å². The van der Waals surface area contributed by atoms with Crippen LogP contribution < -0.4 is 0 Å². The van der Waals surface area contributed by atoms with E-state index in [-0.39, 0.29) is 5.41 Å². The summed E-state index contributed by atoms with van der Waals surface area (Å²) in [5, 5.41) is 5.65. The molecule has 4 rings (SSSR count). The molecule has 1 fully saturated rings. The fourth-order valence-corrected chi connectivity index (χ4v) is 3.93. The Hall–Kier alpha value is -1.69. The van der Waals surface area contributed by atoms with Crippen molar-refractivity contribution in [1.29, 1.82) is 0 Å². The minimum Gasteiger partial charge on any atom is -0.371 e. The second-order valence-electron chi connectivity index (χ2n) is 6.98. The number of rotatable bonds is 7. The van der Waals surface area contributed by atoms with E-state index in [9.17, 15) is 0 Å². The first kappa shape index (κ1) is 18.7. The summed E-state index contributed by atoms with van der Waals surface area (Å²) in [5.41, 5.74) is 3.51. The van der Waals surface area contributed by atoms with Crippen molar-refractivity contribution in [3.8, 4) is 11.4 Å². The van der Waals surface area contributed by atoms with Gasteiger partial charge in [0.1, 0.15) is 6.61 Å². The number of ether oxygens (including phenoxy) is 1. The molecule has 140 valence electrons. The van der Waals surface area contributed by atoms with Crippen LogP contribution in [0.2, 0.25) is 5.02 Å². The first-order valence-electron chi connectivity index (χ1n) is 9.00. The number of hydrogen-bond donors (Lipinski definition) is 0. The molecule has 1 heterocycles. The fraction of sp³-hybridized carbons (Fsp3) is 0.333. The fourth-order valence-electron chi connectivity index (χ4n) is 3.43. The van der Waals surface area contributed by atoms with E-state index in [2.05, 4.69) is 38.2 Å². The predicted octanol–water partition coefficient (Wildman–Crippen LogP) is 5.92. The Morgan fingerprint density at radius 1 is 1.07 bits per heavy atom. The number of alkyl halides is 1. The minimum atomic E-state index is 0.0823. The Morgan fingerprint density at radius 2 is 1.81 bits per heavy atom. The van der Waals surface area contributed by atoms with Gasteiger partial charge in [-0.05, 0) is 36.1 Å². The van der Waals surface area contributed by atoms with E-state index in [0.29, 0.717) is 24.9 Å². The first-order chi connectivity index (χ1) is 13.2. The summed E-state index contributed by atoms with van der Waals surface area (Å²) in [6, 6.07) is 16.2. The van der Waals surface area contributed by atoms with Crippen LogP contribution >= 0.6 is 27.5 Å². The summed E-state index contributed by atoms with van der Waals surface area (Å²) in [6.45, 7) is 0.966. The molecule has 0 bridgehead atoms. The van der Waals surface area contributed by atoms with E-state index >= 15 is 0 Å². The molecule has 1 saturated carbocycles.